The summed E-state index contributed by atoms with van der Waals surface area (Å²) in [5.74, 6) is -0.576. The van der Waals surface area contributed by atoms with E-state index < -0.39 is 5.92 Å². The van der Waals surface area contributed by atoms with Crippen LogP contribution in [0.2, 0.25) is 0 Å². The van der Waals surface area contributed by atoms with E-state index in [1.807, 2.05) is 24.3 Å². The molecule has 0 saturated heterocycles. The highest BCUT2D eigenvalue weighted by Gasteiger charge is 2.28. The first-order chi connectivity index (χ1) is 15.2. The summed E-state index contributed by atoms with van der Waals surface area (Å²) in [6.07, 6.45) is 8.50. The molecule has 1 aromatic carbocycles. The van der Waals surface area contributed by atoms with Crippen LogP contribution >= 0.6 is 0 Å². The van der Waals surface area contributed by atoms with Gasteiger partial charge < -0.3 is 10.2 Å². The Balaban J connectivity index is 2.38. The third kappa shape index (κ3) is 7.20. The van der Waals surface area contributed by atoms with Crippen molar-refractivity contribution in [2.45, 2.75) is 78.1 Å². The molecular weight excluding hydrogens is 386 g/mol. The number of nitriles is 1. The molecule has 0 saturated carbocycles. The minimum Gasteiger partial charge on any atom is -0.355 e. The number of hydrogen-bond donors (Lipinski definition) is 1. The van der Waals surface area contributed by atoms with Crippen LogP contribution in [0.15, 0.2) is 24.3 Å². The van der Waals surface area contributed by atoms with Gasteiger partial charge in [0.15, 0.2) is 11.7 Å². The predicted molar refractivity (Wildman–Crippen MR) is 127 cm³/mol. The molecule has 1 aromatic heterocycles. The zero-order valence-electron chi connectivity index (χ0n) is 19.4. The fraction of sp³-hybridized carbons (Fsp3) is 0.600. The standard InChI is InChI=1S/C25H37N5O/c1-4-7-10-13-16-27-25(31)20(19-26)23-24(30(17-8-5-2)18-9-6-3)29-22-15-12-11-14-21(22)28-23/h11-12,14-15,20H,4-10,13,16-18H2,1-3H3,(H,27,31)/t20-/m0/s1. The van der Waals surface area contributed by atoms with Crippen molar-refractivity contribution in [1.29, 1.82) is 5.26 Å². The summed E-state index contributed by atoms with van der Waals surface area (Å²) >= 11 is 0. The Morgan fingerprint density at radius 1 is 0.968 bits per heavy atom. The molecular formula is C25H37N5O. The number of carbonyl (C=O) groups is 1. The number of carbonyl (C=O) groups excluding carboxylic acids is 1. The summed E-state index contributed by atoms with van der Waals surface area (Å²) in [5.41, 5.74) is 1.97. The molecule has 0 radical (unpaired) electrons. The molecule has 1 heterocycles. The van der Waals surface area contributed by atoms with Gasteiger partial charge in [0.2, 0.25) is 5.91 Å². The van der Waals surface area contributed by atoms with Crippen molar-refractivity contribution in [3.63, 3.8) is 0 Å². The molecule has 0 spiro atoms. The summed E-state index contributed by atoms with van der Waals surface area (Å²) in [6, 6.07) is 9.86. The number of anilines is 1. The molecule has 1 atom stereocenters. The van der Waals surface area contributed by atoms with Crippen molar-refractivity contribution in [3.8, 4) is 6.07 Å². The number of nitrogens with one attached hydrogen (secondary N) is 1. The van der Waals surface area contributed by atoms with Gasteiger partial charge in [-0.05, 0) is 31.4 Å². The molecule has 0 fully saturated rings. The fourth-order valence-corrected chi connectivity index (χ4v) is 3.56. The Morgan fingerprint density at radius 2 is 1.58 bits per heavy atom. The summed E-state index contributed by atoms with van der Waals surface area (Å²) in [5, 5.41) is 12.9. The lowest BCUT2D eigenvalue weighted by atomic mass is 10.0. The molecule has 0 bridgehead atoms. The highest BCUT2D eigenvalue weighted by molar-refractivity contribution is 5.88. The lowest BCUT2D eigenvalue weighted by Crippen LogP contribution is -2.33. The van der Waals surface area contributed by atoms with Crippen molar-refractivity contribution in [1.82, 2.24) is 15.3 Å². The Bertz CT molecular complexity index is 853. The van der Waals surface area contributed by atoms with Gasteiger partial charge in [-0.1, -0.05) is 65.0 Å². The molecule has 6 heteroatoms. The largest absolute Gasteiger partial charge is 0.355 e. The molecule has 6 nitrogen and oxygen atoms in total. The van der Waals surface area contributed by atoms with Gasteiger partial charge in [0.05, 0.1) is 17.1 Å². The van der Waals surface area contributed by atoms with Crippen molar-refractivity contribution in [2.24, 2.45) is 0 Å². The quantitative estimate of drug-likeness (QED) is 0.415. The maximum Gasteiger partial charge on any atom is 0.243 e. The van der Waals surface area contributed by atoms with E-state index in [0.29, 0.717) is 23.6 Å². The van der Waals surface area contributed by atoms with E-state index >= 15 is 0 Å². The second-order valence-corrected chi connectivity index (χ2v) is 8.03. The van der Waals surface area contributed by atoms with Crippen LogP contribution in [0.4, 0.5) is 5.82 Å². The van der Waals surface area contributed by atoms with E-state index in [9.17, 15) is 10.1 Å². The minimum absolute atomic E-state index is 0.282. The first-order valence-electron chi connectivity index (χ1n) is 11.8. The fourth-order valence-electron chi connectivity index (χ4n) is 3.56. The zero-order chi connectivity index (χ0) is 22.5. The Kier molecular flexibility index (Phi) is 10.8. The molecule has 168 valence electrons. The van der Waals surface area contributed by atoms with Crippen molar-refractivity contribution in [3.05, 3.63) is 30.0 Å². The first-order valence-corrected chi connectivity index (χ1v) is 11.8. The van der Waals surface area contributed by atoms with Crippen LogP contribution in [0.5, 0.6) is 0 Å². The number of rotatable bonds is 14. The van der Waals surface area contributed by atoms with Crippen LogP contribution in [-0.4, -0.2) is 35.5 Å². The average Bonchev–Trinajstić information content (AvgIpc) is 2.79. The van der Waals surface area contributed by atoms with Crippen molar-refractivity contribution in [2.75, 3.05) is 24.5 Å². The Morgan fingerprint density at radius 3 is 2.16 bits per heavy atom. The topological polar surface area (TPSA) is 81.9 Å². The molecule has 0 unspecified atom stereocenters. The number of para-hydroxylation sites is 2. The molecule has 0 aliphatic rings. The number of hydrogen-bond acceptors (Lipinski definition) is 5. The number of nitrogens with zero attached hydrogens (tertiary/aromatic N) is 4. The maximum absolute atomic E-state index is 12.9. The third-order valence-corrected chi connectivity index (χ3v) is 5.44. The van der Waals surface area contributed by atoms with Gasteiger partial charge in [-0.15, -0.1) is 0 Å². The first kappa shape index (κ1) is 24.6. The summed E-state index contributed by atoms with van der Waals surface area (Å²) in [6.45, 7) is 8.75. The van der Waals surface area contributed by atoms with Crippen LogP contribution in [-0.2, 0) is 4.79 Å². The lowest BCUT2D eigenvalue weighted by molar-refractivity contribution is -0.121. The van der Waals surface area contributed by atoms with E-state index in [1.165, 1.54) is 0 Å². The van der Waals surface area contributed by atoms with Gasteiger partial charge in [0, 0.05) is 19.6 Å². The molecule has 1 N–H and O–H groups in total. The monoisotopic (exact) mass is 423 g/mol. The second kappa shape index (κ2) is 13.6. The highest BCUT2D eigenvalue weighted by Crippen LogP contribution is 2.28. The summed E-state index contributed by atoms with van der Waals surface area (Å²) in [4.78, 5) is 24.8. The average molecular weight is 424 g/mol. The van der Waals surface area contributed by atoms with Crippen molar-refractivity contribution >= 4 is 22.8 Å². The van der Waals surface area contributed by atoms with Crippen LogP contribution in [0.25, 0.3) is 11.0 Å². The highest BCUT2D eigenvalue weighted by atomic mass is 16.1. The smallest absolute Gasteiger partial charge is 0.243 e. The number of unbranched alkanes of at least 4 members (excludes halogenated alkanes) is 5. The maximum atomic E-state index is 12.9. The number of aromatic nitrogens is 2. The zero-order valence-corrected chi connectivity index (χ0v) is 19.4. The van der Waals surface area contributed by atoms with Crippen molar-refractivity contribution < 1.29 is 4.79 Å². The lowest BCUT2D eigenvalue weighted by Gasteiger charge is -2.26. The number of amides is 1. The van der Waals surface area contributed by atoms with Gasteiger partial charge in [-0.2, -0.15) is 5.26 Å². The van der Waals surface area contributed by atoms with Crippen LogP contribution < -0.4 is 10.2 Å². The molecule has 0 aliphatic carbocycles. The Hall–Kier alpha value is -2.68. The minimum atomic E-state index is -0.968. The Labute approximate surface area is 187 Å². The summed E-state index contributed by atoms with van der Waals surface area (Å²) < 4.78 is 0. The number of benzene rings is 1. The third-order valence-electron chi connectivity index (χ3n) is 5.44. The SMILES string of the molecule is CCCCCCNC(=O)[C@@H](C#N)c1nc2ccccc2nc1N(CCCC)CCCC. The summed E-state index contributed by atoms with van der Waals surface area (Å²) in [7, 11) is 0. The molecule has 31 heavy (non-hydrogen) atoms. The van der Waals surface area contributed by atoms with Crippen LogP contribution in [0.1, 0.15) is 83.7 Å². The molecule has 1 amide bonds. The van der Waals surface area contributed by atoms with Gasteiger partial charge >= 0.3 is 0 Å². The van der Waals surface area contributed by atoms with Gasteiger partial charge in [0.25, 0.3) is 0 Å². The molecule has 2 aromatic rings. The van der Waals surface area contributed by atoms with E-state index in [2.05, 4.69) is 37.1 Å². The normalized spacial score (nSPS) is 11.8. The van der Waals surface area contributed by atoms with E-state index in [1.54, 1.807) is 0 Å². The molecule has 2 rings (SSSR count). The molecule has 0 aliphatic heterocycles. The van der Waals surface area contributed by atoms with E-state index in [0.717, 1.165) is 70.0 Å². The van der Waals surface area contributed by atoms with Gasteiger partial charge in [-0.3, -0.25) is 4.79 Å². The number of fused-ring (bicyclic) bond motifs is 1. The van der Waals surface area contributed by atoms with E-state index in [-0.39, 0.29) is 5.91 Å². The predicted octanol–water partition coefficient (Wildman–Crippen LogP) is 5.34. The van der Waals surface area contributed by atoms with Crippen LogP contribution in [0, 0.1) is 11.3 Å². The van der Waals surface area contributed by atoms with E-state index in [4.69, 9.17) is 9.97 Å². The second-order valence-electron chi connectivity index (χ2n) is 8.03. The van der Waals surface area contributed by atoms with Crippen LogP contribution in [0.3, 0.4) is 0 Å². The van der Waals surface area contributed by atoms with Gasteiger partial charge in [-0.25, -0.2) is 9.97 Å². The van der Waals surface area contributed by atoms with Gasteiger partial charge in [0.1, 0.15) is 5.69 Å².